The molecule has 1 aromatic heterocycles. The SMILES string of the molecule is COc1ccc(C)c2c(C(=O)CC#N)c(C)[nH]c12. The summed E-state index contributed by atoms with van der Waals surface area (Å²) in [5.74, 6) is 0.548. The van der Waals surface area contributed by atoms with E-state index in [9.17, 15) is 4.79 Å². The molecule has 0 aliphatic carbocycles. The van der Waals surface area contributed by atoms with Gasteiger partial charge in [-0.05, 0) is 25.5 Å². The number of nitrogens with zero attached hydrogens (tertiary/aromatic N) is 1. The number of fused-ring (bicyclic) bond motifs is 1. The normalized spacial score (nSPS) is 10.3. The third-order valence-electron chi connectivity index (χ3n) is 3.05. The van der Waals surface area contributed by atoms with E-state index >= 15 is 0 Å². The van der Waals surface area contributed by atoms with E-state index in [1.807, 2.05) is 32.0 Å². The van der Waals surface area contributed by atoms with E-state index in [1.165, 1.54) is 0 Å². The monoisotopic (exact) mass is 242 g/mol. The fourth-order valence-electron chi connectivity index (χ4n) is 2.25. The van der Waals surface area contributed by atoms with Gasteiger partial charge in [0.2, 0.25) is 0 Å². The maximum atomic E-state index is 12.0. The van der Waals surface area contributed by atoms with Crippen LogP contribution in [0.1, 0.15) is 28.0 Å². The molecule has 2 aromatic rings. The van der Waals surface area contributed by atoms with E-state index < -0.39 is 0 Å². The highest BCUT2D eigenvalue weighted by atomic mass is 16.5. The van der Waals surface area contributed by atoms with Crippen molar-refractivity contribution < 1.29 is 9.53 Å². The van der Waals surface area contributed by atoms with Gasteiger partial charge in [-0.25, -0.2) is 0 Å². The van der Waals surface area contributed by atoms with Crippen molar-refractivity contribution in [1.82, 2.24) is 4.98 Å². The van der Waals surface area contributed by atoms with Crippen molar-refractivity contribution >= 4 is 16.7 Å². The van der Waals surface area contributed by atoms with Crippen molar-refractivity contribution in [3.05, 3.63) is 29.0 Å². The molecular formula is C14H14N2O2. The Morgan fingerprint density at radius 3 is 2.78 bits per heavy atom. The van der Waals surface area contributed by atoms with Gasteiger partial charge in [-0.3, -0.25) is 4.79 Å². The Hall–Kier alpha value is -2.28. The van der Waals surface area contributed by atoms with E-state index in [0.29, 0.717) is 11.3 Å². The lowest BCUT2D eigenvalue weighted by Crippen LogP contribution is -1.99. The van der Waals surface area contributed by atoms with Crippen molar-refractivity contribution in [2.45, 2.75) is 20.3 Å². The minimum atomic E-state index is -0.155. The third-order valence-corrected chi connectivity index (χ3v) is 3.05. The maximum Gasteiger partial charge on any atom is 0.179 e. The summed E-state index contributed by atoms with van der Waals surface area (Å²) in [7, 11) is 1.59. The predicted octanol–water partition coefficient (Wildman–Crippen LogP) is 2.89. The zero-order valence-electron chi connectivity index (χ0n) is 10.6. The molecule has 0 saturated carbocycles. The highest BCUT2D eigenvalue weighted by Crippen LogP contribution is 2.32. The van der Waals surface area contributed by atoms with Gasteiger partial charge in [0.1, 0.15) is 5.75 Å². The third kappa shape index (κ3) is 1.74. The highest BCUT2D eigenvalue weighted by molar-refractivity contribution is 6.12. The number of hydrogen-bond acceptors (Lipinski definition) is 3. The lowest BCUT2D eigenvalue weighted by Gasteiger charge is -2.04. The summed E-state index contributed by atoms with van der Waals surface area (Å²) < 4.78 is 5.28. The molecule has 0 spiro atoms. The zero-order chi connectivity index (χ0) is 13.3. The average molecular weight is 242 g/mol. The number of H-pyrrole nitrogens is 1. The number of aryl methyl sites for hydroxylation is 2. The molecule has 1 N–H and O–H groups in total. The van der Waals surface area contributed by atoms with E-state index in [0.717, 1.165) is 22.2 Å². The van der Waals surface area contributed by atoms with E-state index in [4.69, 9.17) is 10.00 Å². The molecule has 4 heteroatoms. The average Bonchev–Trinajstić information content (AvgIpc) is 2.68. The standard InChI is InChI=1S/C14H14N2O2/c1-8-4-5-11(18-3)14-12(8)13(9(2)16-14)10(17)6-7-15/h4-5,16H,6H2,1-3H3. The topological polar surface area (TPSA) is 65.9 Å². The maximum absolute atomic E-state index is 12.0. The number of rotatable bonds is 3. The predicted molar refractivity (Wildman–Crippen MR) is 68.9 cm³/mol. The van der Waals surface area contributed by atoms with Gasteiger partial charge in [-0.15, -0.1) is 0 Å². The number of ether oxygens (including phenoxy) is 1. The summed E-state index contributed by atoms with van der Waals surface area (Å²) in [6.07, 6.45) is -0.107. The van der Waals surface area contributed by atoms with Crippen LogP contribution in [0.5, 0.6) is 5.75 Å². The van der Waals surface area contributed by atoms with Crippen LogP contribution in [0.2, 0.25) is 0 Å². The summed E-state index contributed by atoms with van der Waals surface area (Å²) in [5.41, 5.74) is 3.19. The smallest absolute Gasteiger partial charge is 0.179 e. The Morgan fingerprint density at radius 1 is 1.44 bits per heavy atom. The molecular weight excluding hydrogens is 228 g/mol. The van der Waals surface area contributed by atoms with Crippen molar-refractivity contribution in [1.29, 1.82) is 5.26 Å². The second-order valence-electron chi connectivity index (χ2n) is 4.22. The van der Waals surface area contributed by atoms with Gasteiger partial charge in [0.25, 0.3) is 0 Å². The quantitative estimate of drug-likeness (QED) is 0.841. The van der Waals surface area contributed by atoms with Gasteiger partial charge in [0.05, 0.1) is 25.1 Å². The van der Waals surface area contributed by atoms with E-state index in [2.05, 4.69) is 4.98 Å². The zero-order valence-corrected chi connectivity index (χ0v) is 10.6. The van der Waals surface area contributed by atoms with Crippen LogP contribution in [0.3, 0.4) is 0 Å². The minimum absolute atomic E-state index is 0.107. The van der Waals surface area contributed by atoms with Crippen LogP contribution in [0.15, 0.2) is 12.1 Å². The van der Waals surface area contributed by atoms with Crippen molar-refractivity contribution in [2.75, 3.05) is 7.11 Å². The van der Waals surface area contributed by atoms with Gasteiger partial charge in [-0.1, -0.05) is 6.07 Å². The number of carbonyl (C=O) groups is 1. The number of nitriles is 1. The summed E-state index contributed by atoms with van der Waals surface area (Å²) in [6, 6.07) is 5.68. The molecule has 0 bridgehead atoms. The first-order valence-corrected chi connectivity index (χ1v) is 5.66. The highest BCUT2D eigenvalue weighted by Gasteiger charge is 2.19. The number of hydrogen-bond donors (Lipinski definition) is 1. The van der Waals surface area contributed by atoms with Gasteiger partial charge in [0.15, 0.2) is 5.78 Å². The van der Waals surface area contributed by atoms with Crippen LogP contribution in [-0.4, -0.2) is 17.9 Å². The molecule has 92 valence electrons. The number of methoxy groups -OCH3 is 1. The number of Topliss-reactive ketones (excluding diaryl/α,β-unsaturated/α-hetero) is 1. The van der Waals surface area contributed by atoms with Gasteiger partial charge in [-0.2, -0.15) is 5.26 Å². The van der Waals surface area contributed by atoms with Crippen molar-refractivity contribution in [3.63, 3.8) is 0 Å². The number of aromatic amines is 1. The second-order valence-corrected chi connectivity index (χ2v) is 4.22. The van der Waals surface area contributed by atoms with Crippen LogP contribution in [0, 0.1) is 25.2 Å². The lowest BCUT2D eigenvalue weighted by molar-refractivity contribution is 0.0998. The van der Waals surface area contributed by atoms with Crippen LogP contribution in [0.4, 0.5) is 0 Å². The molecule has 0 saturated heterocycles. The van der Waals surface area contributed by atoms with Crippen LogP contribution in [0.25, 0.3) is 10.9 Å². The molecule has 0 amide bonds. The Kier molecular flexibility index (Phi) is 3.07. The van der Waals surface area contributed by atoms with Crippen LogP contribution in [-0.2, 0) is 0 Å². The molecule has 0 aliphatic rings. The second kappa shape index (κ2) is 4.53. The molecule has 0 atom stereocenters. The fraction of sp³-hybridized carbons (Fsp3) is 0.286. The molecule has 0 aliphatic heterocycles. The largest absolute Gasteiger partial charge is 0.495 e. The number of aromatic nitrogens is 1. The summed E-state index contributed by atoms with van der Waals surface area (Å²) >= 11 is 0. The van der Waals surface area contributed by atoms with Gasteiger partial charge < -0.3 is 9.72 Å². The number of carbonyl (C=O) groups excluding carboxylic acids is 1. The van der Waals surface area contributed by atoms with Crippen LogP contribution < -0.4 is 4.74 Å². The lowest BCUT2D eigenvalue weighted by atomic mass is 10.0. The molecule has 1 aromatic carbocycles. The molecule has 2 rings (SSSR count). The first-order chi connectivity index (χ1) is 8.60. The van der Waals surface area contributed by atoms with Crippen molar-refractivity contribution in [3.8, 4) is 11.8 Å². The summed E-state index contributed by atoms with van der Waals surface area (Å²) in [4.78, 5) is 15.2. The van der Waals surface area contributed by atoms with E-state index in [1.54, 1.807) is 7.11 Å². The number of nitrogens with one attached hydrogen (secondary N) is 1. The first kappa shape index (κ1) is 12.2. The van der Waals surface area contributed by atoms with Crippen molar-refractivity contribution in [2.24, 2.45) is 0 Å². The summed E-state index contributed by atoms with van der Waals surface area (Å²) in [5, 5.41) is 9.52. The number of ketones is 1. The minimum Gasteiger partial charge on any atom is -0.495 e. The Morgan fingerprint density at radius 2 is 2.17 bits per heavy atom. The Balaban J connectivity index is 2.79. The molecule has 0 radical (unpaired) electrons. The first-order valence-electron chi connectivity index (χ1n) is 5.66. The Labute approximate surface area is 105 Å². The number of benzene rings is 1. The Bertz CT molecular complexity index is 662. The molecule has 0 unspecified atom stereocenters. The van der Waals surface area contributed by atoms with E-state index in [-0.39, 0.29) is 12.2 Å². The van der Waals surface area contributed by atoms with Crippen LogP contribution >= 0.6 is 0 Å². The molecule has 0 fully saturated rings. The molecule has 1 heterocycles. The fourth-order valence-corrected chi connectivity index (χ4v) is 2.25. The molecule has 4 nitrogen and oxygen atoms in total. The van der Waals surface area contributed by atoms with Gasteiger partial charge in [0, 0.05) is 16.6 Å². The van der Waals surface area contributed by atoms with Gasteiger partial charge >= 0.3 is 0 Å². The summed E-state index contributed by atoms with van der Waals surface area (Å²) in [6.45, 7) is 3.78. The molecule has 18 heavy (non-hydrogen) atoms.